The van der Waals surface area contributed by atoms with Gasteiger partial charge in [0.15, 0.2) is 9.84 Å². The van der Waals surface area contributed by atoms with Gasteiger partial charge in [0.25, 0.3) is 5.69 Å². The van der Waals surface area contributed by atoms with E-state index >= 15 is 0 Å². The lowest BCUT2D eigenvalue weighted by atomic mass is 10.1. The van der Waals surface area contributed by atoms with Gasteiger partial charge >= 0.3 is 0 Å². The number of aryl methyl sites for hydroxylation is 1. The first-order valence-electron chi connectivity index (χ1n) is 7.19. The average molecular weight is 332 g/mol. The van der Waals surface area contributed by atoms with Crippen LogP contribution in [0.15, 0.2) is 47.4 Å². The zero-order valence-electron chi connectivity index (χ0n) is 12.5. The Labute approximate surface area is 134 Å². The van der Waals surface area contributed by atoms with Gasteiger partial charge in [-0.3, -0.25) is 10.1 Å². The number of sulfone groups is 1. The molecular weight excluding hydrogens is 316 g/mol. The molecule has 3 rings (SSSR count). The summed E-state index contributed by atoms with van der Waals surface area (Å²) in [4.78, 5) is 10.7. The molecular formula is C16H16N2O4S. The van der Waals surface area contributed by atoms with Crippen molar-refractivity contribution in [3.05, 3.63) is 63.7 Å². The molecule has 0 amide bonds. The summed E-state index contributed by atoms with van der Waals surface area (Å²) in [5.74, 6) is 0. The van der Waals surface area contributed by atoms with Crippen molar-refractivity contribution in [2.45, 2.75) is 23.8 Å². The third kappa shape index (κ3) is 3.05. The van der Waals surface area contributed by atoms with Gasteiger partial charge in [-0.25, -0.2) is 8.42 Å². The molecule has 0 spiro atoms. The van der Waals surface area contributed by atoms with Gasteiger partial charge in [0.2, 0.25) is 0 Å². The molecule has 0 fully saturated rings. The SMILES string of the molecule is CS(=O)(=O)c1ccc(NC2CCc3ccccc32)c([N+](=O)[O-])c1. The van der Waals surface area contributed by atoms with E-state index in [9.17, 15) is 18.5 Å². The van der Waals surface area contributed by atoms with Crippen LogP contribution in [0.4, 0.5) is 11.4 Å². The Kier molecular flexibility index (Phi) is 3.81. The van der Waals surface area contributed by atoms with E-state index in [1.165, 1.54) is 17.7 Å². The highest BCUT2D eigenvalue weighted by molar-refractivity contribution is 7.90. The number of nitro groups is 1. The van der Waals surface area contributed by atoms with Gasteiger partial charge in [-0.1, -0.05) is 24.3 Å². The smallest absolute Gasteiger partial charge is 0.293 e. The van der Waals surface area contributed by atoms with Gasteiger partial charge in [0.1, 0.15) is 5.69 Å². The number of nitrogens with one attached hydrogen (secondary N) is 1. The maximum Gasteiger partial charge on any atom is 0.293 e. The zero-order valence-corrected chi connectivity index (χ0v) is 13.3. The maximum atomic E-state index is 11.6. The second-order valence-corrected chi connectivity index (χ2v) is 7.66. The molecule has 120 valence electrons. The van der Waals surface area contributed by atoms with Gasteiger partial charge in [-0.2, -0.15) is 0 Å². The van der Waals surface area contributed by atoms with Crippen molar-refractivity contribution in [2.24, 2.45) is 0 Å². The molecule has 0 saturated heterocycles. The van der Waals surface area contributed by atoms with Crippen molar-refractivity contribution in [2.75, 3.05) is 11.6 Å². The number of rotatable bonds is 4. The number of hydrogen-bond acceptors (Lipinski definition) is 5. The summed E-state index contributed by atoms with van der Waals surface area (Å²) < 4.78 is 23.2. The first-order valence-corrected chi connectivity index (χ1v) is 9.08. The molecule has 6 nitrogen and oxygen atoms in total. The summed E-state index contributed by atoms with van der Waals surface area (Å²) in [7, 11) is -3.48. The fourth-order valence-electron chi connectivity index (χ4n) is 2.91. The molecule has 0 saturated carbocycles. The topological polar surface area (TPSA) is 89.3 Å². The second-order valence-electron chi connectivity index (χ2n) is 5.64. The van der Waals surface area contributed by atoms with E-state index in [0.717, 1.165) is 30.7 Å². The minimum Gasteiger partial charge on any atom is -0.373 e. The molecule has 7 heteroatoms. The third-order valence-corrected chi connectivity index (χ3v) is 5.17. The van der Waals surface area contributed by atoms with Crippen LogP contribution in [0, 0.1) is 10.1 Å². The van der Waals surface area contributed by atoms with Crippen molar-refractivity contribution < 1.29 is 13.3 Å². The lowest BCUT2D eigenvalue weighted by Crippen LogP contribution is -2.09. The van der Waals surface area contributed by atoms with Crippen molar-refractivity contribution in [1.29, 1.82) is 0 Å². The van der Waals surface area contributed by atoms with Crippen LogP contribution in [0.2, 0.25) is 0 Å². The number of nitrogens with zero attached hydrogens (tertiary/aromatic N) is 1. The number of benzene rings is 2. The number of fused-ring (bicyclic) bond motifs is 1. The Morgan fingerprint density at radius 1 is 1.22 bits per heavy atom. The van der Waals surface area contributed by atoms with Crippen LogP contribution in [0.3, 0.4) is 0 Å². The lowest BCUT2D eigenvalue weighted by molar-refractivity contribution is -0.384. The van der Waals surface area contributed by atoms with Gasteiger partial charge in [0.05, 0.1) is 15.9 Å². The monoisotopic (exact) mass is 332 g/mol. The van der Waals surface area contributed by atoms with Crippen molar-refractivity contribution in [1.82, 2.24) is 0 Å². The molecule has 1 unspecified atom stereocenters. The molecule has 2 aromatic rings. The van der Waals surface area contributed by atoms with E-state index in [2.05, 4.69) is 11.4 Å². The number of nitro benzene ring substituents is 1. The van der Waals surface area contributed by atoms with E-state index in [-0.39, 0.29) is 16.6 Å². The Bertz CT molecular complexity index is 877. The van der Waals surface area contributed by atoms with Gasteiger partial charge in [-0.05, 0) is 36.1 Å². The fourth-order valence-corrected chi connectivity index (χ4v) is 3.55. The standard InChI is InChI=1S/C16H16N2O4S/c1-23(21,22)12-7-9-15(16(10-12)18(19)20)17-14-8-6-11-4-2-3-5-13(11)14/h2-5,7,9-10,14,17H,6,8H2,1H3. The van der Waals surface area contributed by atoms with Crippen molar-refractivity contribution in [3.63, 3.8) is 0 Å². The van der Waals surface area contributed by atoms with Crippen molar-refractivity contribution in [3.8, 4) is 0 Å². The summed E-state index contributed by atoms with van der Waals surface area (Å²) in [6.45, 7) is 0. The highest BCUT2D eigenvalue weighted by Crippen LogP contribution is 2.36. The van der Waals surface area contributed by atoms with Gasteiger partial charge in [-0.15, -0.1) is 0 Å². The molecule has 0 bridgehead atoms. The summed E-state index contributed by atoms with van der Waals surface area (Å²) in [5.41, 5.74) is 2.48. The summed E-state index contributed by atoms with van der Waals surface area (Å²) in [6.07, 6.45) is 2.81. The summed E-state index contributed by atoms with van der Waals surface area (Å²) in [6, 6.07) is 12.0. The normalized spacial score (nSPS) is 16.8. The minimum absolute atomic E-state index is 0.00557. The Morgan fingerprint density at radius 3 is 2.65 bits per heavy atom. The predicted octanol–water partition coefficient (Wildman–Crippen LogP) is 3.10. The highest BCUT2D eigenvalue weighted by atomic mass is 32.2. The molecule has 23 heavy (non-hydrogen) atoms. The van der Waals surface area contributed by atoms with Crippen LogP contribution in [0.25, 0.3) is 0 Å². The Hall–Kier alpha value is -2.41. The molecule has 0 heterocycles. The Balaban J connectivity index is 1.96. The summed E-state index contributed by atoms with van der Waals surface area (Å²) in [5, 5.41) is 14.5. The van der Waals surface area contributed by atoms with Crippen LogP contribution in [0.1, 0.15) is 23.6 Å². The van der Waals surface area contributed by atoms with Crippen molar-refractivity contribution >= 4 is 21.2 Å². The van der Waals surface area contributed by atoms with E-state index < -0.39 is 14.8 Å². The summed E-state index contributed by atoms with van der Waals surface area (Å²) >= 11 is 0. The molecule has 1 N–H and O–H groups in total. The molecule has 0 aromatic heterocycles. The molecule has 1 aliphatic carbocycles. The zero-order chi connectivity index (χ0) is 16.6. The average Bonchev–Trinajstić information content (AvgIpc) is 2.90. The minimum atomic E-state index is -3.48. The molecule has 1 atom stereocenters. The van der Waals surface area contributed by atoms with E-state index in [0.29, 0.717) is 5.69 Å². The van der Waals surface area contributed by atoms with Crippen LogP contribution in [-0.4, -0.2) is 19.6 Å². The fraction of sp³-hybridized carbons (Fsp3) is 0.250. The van der Waals surface area contributed by atoms with E-state index in [1.54, 1.807) is 0 Å². The molecule has 0 radical (unpaired) electrons. The van der Waals surface area contributed by atoms with Crippen LogP contribution >= 0.6 is 0 Å². The first kappa shape index (κ1) is 15.5. The quantitative estimate of drug-likeness (QED) is 0.686. The van der Waals surface area contributed by atoms with Crippen LogP contribution in [-0.2, 0) is 16.3 Å². The number of hydrogen-bond donors (Lipinski definition) is 1. The van der Waals surface area contributed by atoms with Crippen LogP contribution < -0.4 is 5.32 Å². The Morgan fingerprint density at radius 2 is 1.96 bits per heavy atom. The lowest BCUT2D eigenvalue weighted by Gasteiger charge is -2.16. The molecule has 2 aromatic carbocycles. The first-order chi connectivity index (χ1) is 10.9. The van der Waals surface area contributed by atoms with E-state index in [4.69, 9.17) is 0 Å². The molecule has 1 aliphatic rings. The third-order valence-electron chi connectivity index (χ3n) is 4.06. The predicted molar refractivity (Wildman–Crippen MR) is 87.3 cm³/mol. The highest BCUT2D eigenvalue weighted by Gasteiger charge is 2.25. The van der Waals surface area contributed by atoms with Gasteiger partial charge in [0, 0.05) is 12.3 Å². The molecule has 0 aliphatic heterocycles. The number of anilines is 1. The second kappa shape index (κ2) is 5.66. The van der Waals surface area contributed by atoms with Gasteiger partial charge < -0.3 is 5.32 Å². The van der Waals surface area contributed by atoms with Crippen LogP contribution in [0.5, 0.6) is 0 Å². The van der Waals surface area contributed by atoms with E-state index in [1.807, 2.05) is 18.2 Å². The largest absolute Gasteiger partial charge is 0.373 e. The maximum absolute atomic E-state index is 11.6.